The summed E-state index contributed by atoms with van der Waals surface area (Å²) in [7, 11) is 3.20. The number of aliphatic hydroxyl groups is 4. The molecule has 0 aromatic carbocycles. The van der Waals surface area contributed by atoms with E-state index in [4.69, 9.17) is 47.4 Å². The molecule has 1 unspecified atom stereocenters. The van der Waals surface area contributed by atoms with Crippen molar-refractivity contribution < 1.29 is 72.6 Å². The Morgan fingerprint density at radius 2 is 1.59 bits per heavy atom. The molecule has 7 rings (SSSR count). The molecule has 6 aliphatic heterocycles. The molecular weight excluding hydrogens is 817 g/mol. The SMILES string of the molecule is CC[C@H](C)[C@H]1O[C@]2(CC[C@@H]1C)C[C@@H]1C[C@@H](C/C=C(/C)[C@@H](O[C@H]3C[C@H](OC)[C@@H](O[C@H]4C[C@H](OC)[C@@H](O)[C@H](C)O4)[C@H](C)O3)[C@@H](C)/C=C\C=C3C(O)O[C@@H]4[C@H](O)C(C)=C[C@@H](C(=O)O1)[C@]34O)O2. The molecule has 356 valence electrons. The molecule has 6 heterocycles. The van der Waals surface area contributed by atoms with Crippen LogP contribution in [0, 0.1) is 23.7 Å². The zero-order valence-corrected chi connectivity index (χ0v) is 38.8. The maximum absolute atomic E-state index is 14.4. The fourth-order valence-corrected chi connectivity index (χ4v) is 11.0. The van der Waals surface area contributed by atoms with Crippen molar-refractivity contribution in [3.05, 3.63) is 47.1 Å². The van der Waals surface area contributed by atoms with Crippen molar-refractivity contribution in [1.82, 2.24) is 0 Å². The van der Waals surface area contributed by atoms with Crippen LogP contribution in [0.25, 0.3) is 0 Å². The zero-order chi connectivity index (χ0) is 45.5. The van der Waals surface area contributed by atoms with Crippen LogP contribution < -0.4 is 0 Å². The molecular formula is C48H74O15. The molecule has 15 nitrogen and oxygen atoms in total. The lowest BCUT2D eigenvalue weighted by Crippen LogP contribution is -2.58. The second-order valence-corrected chi connectivity index (χ2v) is 19.5. The summed E-state index contributed by atoms with van der Waals surface area (Å²) in [5, 5.41) is 45.5. The lowest BCUT2D eigenvalue weighted by Gasteiger charge is -2.51. The van der Waals surface area contributed by atoms with E-state index in [-0.39, 0.29) is 23.7 Å². The van der Waals surface area contributed by atoms with Gasteiger partial charge >= 0.3 is 5.97 Å². The minimum Gasteiger partial charge on any atom is -0.462 e. The molecule has 0 saturated carbocycles. The monoisotopic (exact) mass is 891 g/mol. The number of carbonyl (C=O) groups is 1. The highest BCUT2D eigenvalue weighted by Crippen LogP contribution is 2.49. The number of esters is 1. The second-order valence-electron chi connectivity index (χ2n) is 19.5. The van der Waals surface area contributed by atoms with E-state index in [1.807, 2.05) is 26.8 Å². The van der Waals surface area contributed by atoms with Crippen LogP contribution in [0.2, 0.25) is 0 Å². The third-order valence-electron chi connectivity index (χ3n) is 15.0. The molecule has 4 N–H and O–H groups in total. The molecule has 1 spiro atoms. The largest absolute Gasteiger partial charge is 0.462 e. The number of rotatable bonds is 8. The van der Waals surface area contributed by atoms with E-state index in [1.165, 1.54) is 6.08 Å². The summed E-state index contributed by atoms with van der Waals surface area (Å²) >= 11 is 0. The van der Waals surface area contributed by atoms with Crippen molar-refractivity contribution in [3.63, 3.8) is 0 Å². The van der Waals surface area contributed by atoms with Gasteiger partial charge in [-0.15, -0.1) is 0 Å². The van der Waals surface area contributed by atoms with E-state index >= 15 is 0 Å². The first-order chi connectivity index (χ1) is 29.9. The van der Waals surface area contributed by atoms with E-state index in [1.54, 1.807) is 40.2 Å². The molecule has 15 heteroatoms. The molecule has 0 aromatic heterocycles. The van der Waals surface area contributed by atoms with Gasteiger partial charge in [0, 0.05) is 57.8 Å². The quantitative estimate of drug-likeness (QED) is 0.190. The summed E-state index contributed by atoms with van der Waals surface area (Å²) in [4.78, 5) is 14.4. The minimum atomic E-state index is -2.10. The van der Waals surface area contributed by atoms with Gasteiger partial charge in [0.05, 0.1) is 42.7 Å². The van der Waals surface area contributed by atoms with Crippen molar-refractivity contribution in [2.45, 2.75) is 210 Å². The van der Waals surface area contributed by atoms with E-state index in [2.05, 4.69) is 26.8 Å². The van der Waals surface area contributed by atoms with Crippen LogP contribution in [0.15, 0.2) is 47.1 Å². The third kappa shape index (κ3) is 9.98. The van der Waals surface area contributed by atoms with Gasteiger partial charge < -0.3 is 67.8 Å². The highest BCUT2D eigenvalue weighted by atomic mass is 16.7. The van der Waals surface area contributed by atoms with Crippen molar-refractivity contribution in [3.8, 4) is 0 Å². The first kappa shape index (κ1) is 48.8. The van der Waals surface area contributed by atoms with E-state index in [0.29, 0.717) is 55.9 Å². The normalized spacial score (nSPS) is 49.2. The predicted octanol–water partition coefficient (Wildman–Crippen LogP) is 4.92. The van der Waals surface area contributed by atoms with Crippen LogP contribution >= 0.6 is 0 Å². The molecule has 63 heavy (non-hydrogen) atoms. The molecule has 21 atom stereocenters. The first-order valence-corrected chi connectivity index (χ1v) is 23.3. The number of allylic oxidation sites excluding steroid dienone is 2. The van der Waals surface area contributed by atoms with Gasteiger partial charge in [-0.1, -0.05) is 64.5 Å². The standard InChI is InChI=1S/C48H74O15/c1-11-24(2)42-27(5)17-18-47(63-42)23-32-20-31(62-47)16-15-26(4)41(59-38-22-36(55-10)43(30(8)57-38)60-37-21-35(54-9)40(50)29(7)56-37)25(3)13-12-14-33-45(51)61-44-39(49)28(6)19-34(46(52)58-32)48(33,44)53/h12-15,19,24-25,27,29-32,34-45,49-51,53H,11,16-18,20-23H2,1-10H3/b13-12-,26-15-,33-14?/t24-,25-,27-,29-,30-,31+,32-,34-,35-,36-,37-,38-,39+,40-,41-,42+,43-,44+,45?,47+,48+/m0/s1. The average Bonchev–Trinajstić information content (AvgIpc) is 3.51. The van der Waals surface area contributed by atoms with Crippen molar-refractivity contribution in [2.24, 2.45) is 23.7 Å². The van der Waals surface area contributed by atoms with Gasteiger partial charge in [0.2, 0.25) is 0 Å². The number of hydrogen-bond donors (Lipinski definition) is 4. The highest BCUT2D eigenvalue weighted by molar-refractivity contribution is 5.78. The van der Waals surface area contributed by atoms with Crippen LogP contribution in [-0.2, 0) is 52.2 Å². The molecule has 5 fully saturated rings. The Kier molecular flexibility index (Phi) is 15.5. The van der Waals surface area contributed by atoms with Gasteiger partial charge in [0.25, 0.3) is 0 Å². The molecule has 0 amide bonds. The Bertz CT molecular complexity index is 1710. The summed E-state index contributed by atoms with van der Waals surface area (Å²) in [6.07, 6.45) is 3.17. The summed E-state index contributed by atoms with van der Waals surface area (Å²) in [5.74, 6) is -2.58. The number of carbonyl (C=O) groups excluding carboxylic acids is 1. The molecule has 0 radical (unpaired) electrons. The summed E-state index contributed by atoms with van der Waals surface area (Å²) in [6.45, 7) is 16.0. The highest BCUT2D eigenvalue weighted by Gasteiger charge is 2.63. The topological polar surface area (TPSA) is 190 Å². The third-order valence-corrected chi connectivity index (χ3v) is 15.0. The van der Waals surface area contributed by atoms with E-state index < -0.39 is 103 Å². The van der Waals surface area contributed by atoms with Gasteiger partial charge in [-0.25, -0.2) is 0 Å². The van der Waals surface area contributed by atoms with Crippen LogP contribution in [-0.4, -0.2) is 144 Å². The number of aliphatic hydroxyl groups excluding tert-OH is 3. The lowest BCUT2D eigenvalue weighted by atomic mass is 9.70. The smallest absolute Gasteiger partial charge is 0.316 e. The Balaban J connectivity index is 1.19. The average molecular weight is 891 g/mol. The minimum absolute atomic E-state index is 0.0381. The van der Waals surface area contributed by atoms with Crippen LogP contribution in [0.1, 0.15) is 107 Å². The number of hydrogen-bond acceptors (Lipinski definition) is 15. The van der Waals surface area contributed by atoms with Gasteiger partial charge in [-0.05, 0) is 63.5 Å². The fourth-order valence-electron chi connectivity index (χ4n) is 11.0. The first-order valence-electron chi connectivity index (χ1n) is 23.3. The van der Waals surface area contributed by atoms with Crippen molar-refractivity contribution in [1.29, 1.82) is 0 Å². The summed E-state index contributed by atoms with van der Waals surface area (Å²) in [5.41, 5.74) is -0.695. The maximum atomic E-state index is 14.4. The van der Waals surface area contributed by atoms with E-state index in [9.17, 15) is 25.2 Å². The van der Waals surface area contributed by atoms with Crippen LogP contribution in [0.4, 0.5) is 0 Å². The summed E-state index contributed by atoms with van der Waals surface area (Å²) < 4.78 is 63.5. The summed E-state index contributed by atoms with van der Waals surface area (Å²) in [6, 6.07) is 0. The number of fused-ring (bicyclic) bond motifs is 2. The lowest BCUT2D eigenvalue weighted by molar-refractivity contribution is -0.340. The Labute approximate surface area is 373 Å². The van der Waals surface area contributed by atoms with Crippen LogP contribution in [0.3, 0.4) is 0 Å². The van der Waals surface area contributed by atoms with Gasteiger partial charge in [0.1, 0.15) is 42.0 Å². The molecule has 5 saturated heterocycles. The maximum Gasteiger partial charge on any atom is 0.316 e. The number of ether oxygens (including phenoxy) is 10. The van der Waals surface area contributed by atoms with Gasteiger partial charge in [-0.3, -0.25) is 4.79 Å². The van der Waals surface area contributed by atoms with Crippen molar-refractivity contribution in [2.75, 3.05) is 14.2 Å². The Morgan fingerprint density at radius 3 is 2.30 bits per heavy atom. The molecule has 1 aliphatic carbocycles. The van der Waals surface area contributed by atoms with Crippen molar-refractivity contribution >= 4 is 5.97 Å². The van der Waals surface area contributed by atoms with Gasteiger partial charge in [0.15, 0.2) is 24.7 Å². The van der Waals surface area contributed by atoms with E-state index in [0.717, 1.165) is 18.4 Å². The number of methoxy groups -OCH3 is 2. The molecule has 0 aromatic rings. The Hall–Kier alpha value is -2.09. The second kappa shape index (κ2) is 20.0. The molecule has 7 aliphatic rings. The molecule has 2 bridgehead atoms. The zero-order valence-electron chi connectivity index (χ0n) is 38.8. The Morgan fingerprint density at radius 1 is 0.889 bits per heavy atom. The van der Waals surface area contributed by atoms with Crippen LogP contribution in [0.5, 0.6) is 0 Å². The van der Waals surface area contributed by atoms with Gasteiger partial charge in [-0.2, -0.15) is 0 Å². The predicted molar refractivity (Wildman–Crippen MR) is 229 cm³/mol. The fraction of sp³-hybridized carbons (Fsp3) is 0.812.